The molecule has 20 heavy (non-hydrogen) atoms. The summed E-state index contributed by atoms with van der Waals surface area (Å²) in [6.45, 7) is 0.982. The van der Waals surface area contributed by atoms with Crippen LogP contribution in [0, 0.1) is 0 Å². The van der Waals surface area contributed by atoms with Crippen molar-refractivity contribution in [3.63, 3.8) is 0 Å². The highest BCUT2D eigenvalue weighted by Gasteiger charge is 2.28. The minimum atomic E-state index is 0.379. The van der Waals surface area contributed by atoms with Crippen LogP contribution in [0.3, 0.4) is 0 Å². The van der Waals surface area contributed by atoms with Crippen LogP contribution >= 0.6 is 0 Å². The molecule has 0 bridgehead atoms. The average Bonchev–Trinajstić information content (AvgIpc) is 2.85. The Morgan fingerprint density at radius 1 is 1.25 bits per heavy atom. The van der Waals surface area contributed by atoms with E-state index in [0.717, 1.165) is 37.4 Å². The first kappa shape index (κ1) is 11.8. The molecule has 104 valence electrons. The first-order chi connectivity index (χ1) is 9.83. The molecule has 4 heteroatoms. The summed E-state index contributed by atoms with van der Waals surface area (Å²) < 4.78 is 2.42. The van der Waals surface area contributed by atoms with E-state index in [1.807, 2.05) is 6.07 Å². The minimum absolute atomic E-state index is 0.379. The Kier molecular flexibility index (Phi) is 2.69. The van der Waals surface area contributed by atoms with E-state index < -0.39 is 0 Å². The molecule has 0 spiro atoms. The van der Waals surface area contributed by atoms with Crippen molar-refractivity contribution in [3.05, 3.63) is 41.2 Å². The number of nitrogen functional groups attached to an aromatic ring is 1. The van der Waals surface area contributed by atoms with Crippen LogP contribution in [0.1, 0.15) is 42.3 Å². The molecule has 0 amide bonds. The molecule has 1 aromatic carbocycles. The third-order valence-corrected chi connectivity index (χ3v) is 4.48. The Bertz CT molecular complexity index is 644. The van der Waals surface area contributed by atoms with Crippen molar-refractivity contribution >= 4 is 11.6 Å². The molecule has 4 nitrogen and oxygen atoms in total. The Hall–Kier alpha value is -1.97. The number of hydrogen-bond acceptors (Lipinski definition) is 3. The van der Waals surface area contributed by atoms with Crippen molar-refractivity contribution in [1.29, 1.82) is 0 Å². The number of aryl methyl sites for hydroxylation is 1. The summed E-state index contributed by atoms with van der Waals surface area (Å²) in [5.41, 5.74) is 10.8. The highest BCUT2D eigenvalue weighted by atomic mass is 15.3. The van der Waals surface area contributed by atoms with E-state index in [4.69, 9.17) is 10.7 Å². The highest BCUT2D eigenvalue weighted by Crippen LogP contribution is 2.35. The highest BCUT2D eigenvalue weighted by molar-refractivity contribution is 5.45. The Morgan fingerprint density at radius 2 is 2.15 bits per heavy atom. The van der Waals surface area contributed by atoms with Crippen LogP contribution in [-0.4, -0.2) is 16.1 Å². The maximum absolute atomic E-state index is 5.96. The van der Waals surface area contributed by atoms with Gasteiger partial charge in [-0.25, -0.2) is 4.98 Å². The van der Waals surface area contributed by atoms with Crippen LogP contribution in [-0.2, 0) is 12.8 Å². The fourth-order valence-corrected chi connectivity index (χ4v) is 3.56. The lowest BCUT2D eigenvalue weighted by Crippen LogP contribution is -2.25. The van der Waals surface area contributed by atoms with Crippen molar-refractivity contribution in [2.24, 2.45) is 0 Å². The van der Waals surface area contributed by atoms with Crippen LogP contribution in [0.15, 0.2) is 24.3 Å². The normalized spacial score (nSPS) is 20.9. The average molecular weight is 268 g/mol. The fraction of sp³-hybridized carbons (Fsp3) is 0.438. The number of fused-ring (bicyclic) bond motifs is 3. The van der Waals surface area contributed by atoms with Crippen LogP contribution in [0.25, 0.3) is 0 Å². The van der Waals surface area contributed by atoms with E-state index >= 15 is 0 Å². The number of imidazole rings is 1. The van der Waals surface area contributed by atoms with Gasteiger partial charge in [0.25, 0.3) is 0 Å². The molecule has 0 saturated carbocycles. The summed E-state index contributed by atoms with van der Waals surface area (Å²) in [7, 11) is 0. The second-order valence-electron chi connectivity index (χ2n) is 5.81. The minimum Gasteiger partial charge on any atom is -0.399 e. The van der Waals surface area contributed by atoms with Crippen molar-refractivity contribution in [2.45, 2.75) is 38.1 Å². The molecule has 3 N–H and O–H groups in total. The molecule has 1 aliphatic heterocycles. The number of hydrogen-bond donors (Lipinski definition) is 2. The summed E-state index contributed by atoms with van der Waals surface area (Å²) in [6, 6.07) is 8.68. The Morgan fingerprint density at radius 3 is 3.05 bits per heavy atom. The van der Waals surface area contributed by atoms with E-state index in [-0.39, 0.29) is 0 Å². The van der Waals surface area contributed by atoms with E-state index in [9.17, 15) is 0 Å². The lowest BCUT2D eigenvalue weighted by Gasteiger charge is -2.29. The lowest BCUT2D eigenvalue weighted by molar-refractivity contribution is 0.502. The lowest BCUT2D eigenvalue weighted by atomic mass is 9.97. The zero-order chi connectivity index (χ0) is 13.5. The number of nitrogens with two attached hydrogens (primary N) is 1. The molecule has 1 aliphatic carbocycles. The smallest absolute Gasteiger partial charge is 0.203 e. The molecular weight excluding hydrogens is 248 g/mol. The van der Waals surface area contributed by atoms with Gasteiger partial charge in [-0.05, 0) is 49.8 Å². The summed E-state index contributed by atoms with van der Waals surface area (Å²) in [5, 5.41) is 3.45. The molecule has 1 atom stereocenters. The Balaban J connectivity index is 1.83. The molecule has 2 aliphatic rings. The number of nitrogens with one attached hydrogen (secondary N) is 1. The molecule has 0 radical (unpaired) electrons. The van der Waals surface area contributed by atoms with E-state index in [0.29, 0.717) is 6.04 Å². The van der Waals surface area contributed by atoms with Gasteiger partial charge in [-0.1, -0.05) is 12.1 Å². The molecule has 1 unspecified atom stereocenters. The van der Waals surface area contributed by atoms with Crippen molar-refractivity contribution in [2.75, 3.05) is 17.6 Å². The summed E-state index contributed by atoms with van der Waals surface area (Å²) in [4.78, 5) is 4.81. The van der Waals surface area contributed by atoms with Gasteiger partial charge in [0.1, 0.15) is 0 Å². The largest absolute Gasteiger partial charge is 0.399 e. The molecule has 2 heterocycles. The second-order valence-corrected chi connectivity index (χ2v) is 5.81. The third-order valence-electron chi connectivity index (χ3n) is 4.48. The third kappa shape index (κ3) is 1.79. The van der Waals surface area contributed by atoms with E-state index in [1.165, 1.54) is 29.8 Å². The molecule has 1 aromatic heterocycles. The Labute approximate surface area is 119 Å². The standard InChI is InChI=1S/C16H20N4/c17-12-5-3-4-11(10-12)14-8-9-18-16-19-13-6-1-2-7-15(13)20(14)16/h3-5,10,14H,1-2,6-9,17H2,(H,18,19). The van der Waals surface area contributed by atoms with Gasteiger partial charge in [0.05, 0.1) is 11.7 Å². The van der Waals surface area contributed by atoms with Crippen LogP contribution in [0.2, 0.25) is 0 Å². The van der Waals surface area contributed by atoms with E-state index in [1.54, 1.807) is 0 Å². The van der Waals surface area contributed by atoms with Gasteiger partial charge in [0, 0.05) is 17.9 Å². The molecular formula is C16H20N4. The first-order valence-electron chi connectivity index (χ1n) is 7.52. The number of nitrogens with zero attached hydrogens (tertiary/aromatic N) is 2. The van der Waals surface area contributed by atoms with Crippen molar-refractivity contribution < 1.29 is 0 Å². The number of benzene rings is 1. The number of rotatable bonds is 1. The number of aromatic nitrogens is 2. The molecule has 0 fully saturated rings. The monoisotopic (exact) mass is 268 g/mol. The van der Waals surface area contributed by atoms with Gasteiger partial charge in [0.15, 0.2) is 0 Å². The fourth-order valence-electron chi connectivity index (χ4n) is 3.56. The van der Waals surface area contributed by atoms with Gasteiger partial charge in [-0.15, -0.1) is 0 Å². The molecule has 0 saturated heterocycles. The maximum Gasteiger partial charge on any atom is 0.203 e. The quantitative estimate of drug-likeness (QED) is 0.782. The second kappa shape index (κ2) is 4.54. The molecule has 2 aromatic rings. The topological polar surface area (TPSA) is 55.9 Å². The number of anilines is 2. The summed E-state index contributed by atoms with van der Waals surface area (Å²) in [6.07, 6.45) is 5.93. The van der Waals surface area contributed by atoms with Gasteiger partial charge >= 0.3 is 0 Å². The van der Waals surface area contributed by atoms with Crippen molar-refractivity contribution in [3.8, 4) is 0 Å². The van der Waals surface area contributed by atoms with Crippen molar-refractivity contribution in [1.82, 2.24) is 9.55 Å². The summed E-state index contributed by atoms with van der Waals surface area (Å²) in [5.74, 6) is 1.05. The SMILES string of the molecule is Nc1cccc(C2CCNc3nc4c(n32)CCCC4)c1. The van der Waals surface area contributed by atoms with Gasteiger partial charge in [-0.3, -0.25) is 0 Å². The first-order valence-corrected chi connectivity index (χ1v) is 7.52. The van der Waals surface area contributed by atoms with Gasteiger partial charge < -0.3 is 15.6 Å². The predicted octanol–water partition coefficient (Wildman–Crippen LogP) is 2.75. The molecule has 4 rings (SSSR count). The van der Waals surface area contributed by atoms with Crippen LogP contribution in [0.4, 0.5) is 11.6 Å². The van der Waals surface area contributed by atoms with Crippen LogP contribution in [0.5, 0.6) is 0 Å². The zero-order valence-corrected chi connectivity index (χ0v) is 11.6. The predicted molar refractivity (Wildman–Crippen MR) is 81.0 cm³/mol. The van der Waals surface area contributed by atoms with Crippen LogP contribution < -0.4 is 11.1 Å². The van der Waals surface area contributed by atoms with Gasteiger partial charge in [0.2, 0.25) is 5.95 Å². The van der Waals surface area contributed by atoms with Gasteiger partial charge in [-0.2, -0.15) is 0 Å². The summed E-state index contributed by atoms with van der Waals surface area (Å²) >= 11 is 0. The maximum atomic E-state index is 5.96. The zero-order valence-electron chi connectivity index (χ0n) is 11.6. The van der Waals surface area contributed by atoms with E-state index in [2.05, 4.69) is 28.1 Å².